The lowest BCUT2D eigenvalue weighted by atomic mass is 10.0. The number of fused-ring (bicyclic) bond motifs is 1. The number of benzene rings is 2. The van der Waals surface area contributed by atoms with Crippen molar-refractivity contribution in [2.75, 3.05) is 4.72 Å². The van der Waals surface area contributed by atoms with Gasteiger partial charge in [0.15, 0.2) is 11.6 Å². The summed E-state index contributed by atoms with van der Waals surface area (Å²) in [7, 11) is -4.40. The summed E-state index contributed by atoms with van der Waals surface area (Å²) >= 11 is 3.27. The number of nitrogens with zero attached hydrogens (tertiary/aromatic N) is 1. The summed E-state index contributed by atoms with van der Waals surface area (Å²) in [4.78, 5) is 19.3. The lowest BCUT2D eigenvalue weighted by Gasteiger charge is -2.11. The standard InChI is InChI=1S/C20H12BrF2N3O3S/c21-11-8-13-14(10-25-20(13)24-9-11)19(27)12-4-3-6-16(18(12)23)26-30(28,29)17-7-2-1-5-15(17)22/h1-10,26H,(H,24,25). The Balaban J connectivity index is 1.74. The van der Waals surface area contributed by atoms with Crippen LogP contribution in [0.3, 0.4) is 0 Å². The molecule has 30 heavy (non-hydrogen) atoms. The van der Waals surface area contributed by atoms with Crippen molar-refractivity contribution in [3.05, 3.63) is 88.2 Å². The predicted molar refractivity (Wildman–Crippen MR) is 111 cm³/mol. The van der Waals surface area contributed by atoms with Gasteiger partial charge in [0.25, 0.3) is 10.0 Å². The number of sulfonamides is 1. The Morgan fingerprint density at radius 1 is 1.07 bits per heavy atom. The van der Waals surface area contributed by atoms with E-state index in [0.29, 0.717) is 15.5 Å². The number of H-pyrrole nitrogens is 1. The summed E-state index contributed by atoms with van der Waals surface area (Å²) in [6.07, 6.45) is 2.95. The maximum Gasteiger partial charge on any atom is 0.264 e. The average Bonchev–Trinajstić information content (AvgIpc) is 3.12. The molecule has 0 spiro atoms. The van der Waals surface area contributed by atoms with Crippen LogP contribution >= 0.6 is 15.9 Å². The first-order chi connectivity index (χ1) is 14.3. The van der Waals surface area contributed by atoms with E-state index in [-0.39, 0.29) is 11.1 Å². The zero-order valence-electron chi connectivity index (χ0n) is 15.0. The molecule has 0 aliphatic heterocycles. The van der Waals surface area contributed by atoms with Gasteiger partial charge in [0.1, 0.15) is 16.4 Å². The summed E-state index contributed by atoms with van der Waals surface area (Å²) in [5, 5.41) is 0.478. The Bertz CT molecular complexity index is 1400. The van der Waals surface area contributed by atoms with Crippen molar-refractivity contribution in [1.29, 1.82) is 0 Å². The average molecular weight is 492 g/mol. The van der Waals surface area contributed by atoms with E-state index in [1.807, 2.05) is 4.72 Å². The van der Waals surface area contributed by atoms with Crippen molar-refractivity contribution in [1.82, 2.24) is 9.97 Å². The third kappa shape index (κ3) is 3.59. The van der Waals surface area contributed by atoms with Crippen molar-refractivity contribution >= 4 is 48.5 Å². The molecule has 2 aromatic heterocycles. The Kier molecular flexibility index (Phi) is 5.12. The van der Waals surface area contributed by atoms with Crippen LogP contribution in [0, 0.1) is 11.6 Å². The number of carbonyl (C=O) groups is 1. The summed E-state index contributed by atoms with van der Waals surface area (Å²) in [5.74, 6) is -2.71. The van der Waals surface area contributed by atoms with Gasteiger partial charge in [-0.1, -0.05) is 18.2 Å². The van der Waals surface area contributed by atoms with Crippen LogP contribution in [0.25, 0.3) is 11.0 Å². The minimum absolute atomic E-state index is 0.173. The number of halogens is 3. The molecule has 2 heterocycles. The smallest absolute Gasteiger partial charge is 0.264 e. The minimum Gasteiger partial charge on any atom is -0.345 e. The number of anilines is 1. The second-order valence-corrected chi connectivity index (χ2v) is 8.85. The molecule has 0 saturated carbocycles. The van der Waals surface area contributed by atoms with Crippen molar-refractivity contribution in [2.24, 2.45) is 0 Å². The molecule has 2 N–H and O–H groups in total. The minimum atomic E-state index is -4.40. The number of rotatable bonds is 5. The third-order valence-corrected chi connectivity index (χ3v) is 6.19. The molecule has 10 heteroatoms. The van der Waals surface area contributed by atoms with Crippen LogP contribution in [0.15, 0.2) is 70.3 Å². The molecular weight excluding hydrogens is 480 g/mol. The van der Waals surface area contributed by atoms with Gasteiger partial charge in [0.2, 0.25) is 0 Å². The molecule has 6 nitrogen and oxygen atoms in total. The van der Waals surface area contributed by atoms with Gasteiger partial charge in [-0.25, -0.2) is 22.2 Å². The summed E-state index contributed by atoms with van der Waals surface area (Å²) in [6, 6.07) is 10.1. The number of aromatic amines is 1. The maximum absolute atomic E-state index is 15.1. The predicted octanol–water partition coefficient (Wildman–Crippen LogP) is 4.64. The number of ketones is 1. The molecule has 0 atom stereocenters. The highest BCUT2D eigenvalue weighted by atomic mass is 79.9. The van der Waals surface area contributed by atoms with Crippen molar-refractivity contribution in [3.63, 3.8) is 0 Å². The van der Waals surface area contributed by atoms with Gasteiger partial charge in [-0.3, -0.25) is 9.52 Å². The zero-order chi connectivity index (χ0) is 21.5. The zero-order valence-corrected chi connectivity index (χ0v) is 17.4. The third-order valence-electron chi connectivity index (χ3n) is 4.36. The van der Waals surface area contributed by atoms with E-state index in [2.05, 4.69) is 25.9 Å². The fourth-order valence-corrected chi connectivity index (χ4v) is 4.43. The van der Waals surface area contributed by atoms with E-state index < -0.39 is 38.0 Å². The van der Waals surface area contributed by atoms with Crippen molar-refractivity contribution < 1.29 is 22.0 Å². The van der Waals surface area contributed by atoms with E-state index in [9.17, 15) is 17.6 Å². The first-order valence-electron chi connectivity index (χ1n) is 8.51. The van der Waals surface area contributed by atoms with Gasteiger partial charge in [0.05, 0.1) is 11.3 Å². The molecule has 0 amide bonds. The second-order valence-electron chi connectivity index (χ2n) is 6.28. The molecule has 0 unspecified atom stereocenters. The SMILES string of the molecule is O=C(c1cccc(NS(=O)(=O)c2ccccc2F)c1F)c1c[nH]c2ncc(Br)cc12. The van der Waals surface area contributed by atoms with E-state index in [0.717, 1.165) is 18.2 Å². The fraction of sp³-hybridized carbons (Fsp3) is 0. The van der Waals surface area contributed by atoms with Gasteiger partial charge in [-0.15, -0.1) is 0 Å². The molecule has 0 bridgehead atoms. The number of aromatic nitrogens is 2. The quantitative estimate of drug-likeness (QED) is 0.398. The number of carbonyl (C=O) groups excluding carboxylic acids is 1. The van der Waals surface area contributed by atoms with E-state index in [1.165, 1.54) is 30.5 Å². The Labute approximate surface area is 178 Å². The highest BCUT2D eigenvalue weighted by Crippen LogP contribution is 2.27. The van der Waals surface area contributed by atoms with Crippen LogP contribution in [-0.4, -0.2) is 24.2 Å². The van der Waals surface area contributed by atoms with E-state index in [4.69, 9.17) is 0 Å². The van der Waals surface area contributed by atoms with E-state index >= 15 is 4.39 Å². The topological polar surface area (TPSA) is 91.9 Å². The van der Waals surface area contributed by atoms with Crippen LogP contribution in [0.1, 0.15) is 15.9 Å². The van der Waals surface area contributed by atoms with Gasteiger partial charge in [-0.05, 0) is 46.3 Å². The summed E-state index contributed by atoms with van der Waals surface area (Å²) in [5.41, 5.74) is -0.196. The molecule has 0 fully saturated rings. The molecule has 4 aromatic rings. The first kappa shape index (κ1) is 20.2. The lowest BCUT2D eigenvalue weighted by molar-refractivity contribution is 0.103. The molecule has 0 aliphatic carbocycles. The monoisotopic (exact) mass is 491 g/mol. The highest BCUT2D eigenvalue weighted by molar-refractivity contribution is 9.10. The number of pyridine rings is 1. The van der Waals surface area contributed by atoms with Crippen LogP contribution < -0.4 is 4.72 Å². The van der Waals surface area contributed by atoms with Crippen LogP contribution in [0.2, 0.25) is 0 Å². The molecule has 2 aromatic carbocycles. The Morgan fingerprint density at radius 2 is 1.83 bits per heavy atom. The largest absolute Gasteiger partial charge is 0.345 e. The molecule has 4 rings (SSSR count). The maximum atomic E-state index is 15.1. The number of nitrogens with one attached hydrogen (secondary N) is 2. The Morgan fingerprint density at radius 3 is 2.60 bits per heavy atom. The van der Waals surface area contributed by atoms with Gasteiger partial charge < -0.3 is 4.98 Å². The summed E-state index contributed by atoms with van der Waals surface area (Å²) in [6.45, 7) is 0. The van der Waals surface area contributed by atoms with Crippen LogP contribution in [-0.2, 0) is 10.0 Å². The molecule has 0 saturated heterocycles. The van der Waals surface area contributed by atoms with Gasteiger partial charge in [-0.2, -0.15) is 0 Å². The second kappa shape index (κ2) is 7.62. The number of hydrogen-bond acceptors (Lipinski definition) is 4. The molecule has 0 aliphatic rings. The summed E-state index contributed by atoms with van der Waals surface area (Å²) < 4.78 is 56.5. The molecular formula is C20H12BrF2N3O3S. The van der Waals surface area contributed by atoms with E-state index in [1.54, 1.807) is 12.3 Å². The van der Waals surface area contributed by atoms with Crippen LogP contribution in [0.5, 0.6) is 0 Å². The Hall–Kier alpha value is -3.11. The van der Waals surface area contributed by atoms with Crippen molar-refractivity contribution in [2.45, 2.75) is 4.90 Å². The fourth-order valence-electron chi connectivity index (χ4n) is 2.96. The van der Waals surface area contributed by atoms with Gasteiger partial charge >= 0.3 is 0 Å². The van der Waals surface area contributed by atoms with Gasteiger partial charge in [0, 0.05) is 27.8 Å². The normalized spacial score (nSPS) is 11.6. The molecule has 0 radical (unpaired) electrons. The number of hydrogen-bond donors (Lipinski definition) is 2. The molecule has 152 valence electrons. The highest BCUT2D eigenvalue weighted by Gasteiger charge is 2.24. The van der Waals surface area contributed by atoms with Crippen molar-refractivity contribution in [3.8, 4) is 0 Å². The van der Waals surface area contributed by atoms with Crippen LogP contribution in [0.4, 0.5) is 14.5 Å². The lowest BCUT2D eigenvalue weighted by Crippen LogP contribution is -2.16. The first-order valence-corrected chi connectivity index (χ1v) is 10.8.